The fourth-order valence-corrected chi connectivity index (χ4v) is 7.21. The molecule has 4 atom stereocenters. The maximum atomic E-state index is 14.4. The minimum absolute atomic E-state index is 0.0852. The fourth-order valence-electron chi connectivity index (χ4n) is 6.93. The molecule has 2 saturated heterocycles. The van der Waals surface area contributed by atoms with E-state index in [-0.39, 0.29) is 11.3 Å². The number of rotatable bonds is 4. The number of carbonyl (C=O) groups excluding carboxylic acids is 4. The molecule has 1 aromatic heterocycles. The van der Waals surface area contributed by atoms with E-state index in [1.54, 1.807) is 30.3 Å². The standard InChI is InChI=1S/C31H25ClN4O5/c1-15-11-17(32)13-20-26(15)34-30(40)31(20)25-24(22(35-31)12-16-14-33-21-9-5-3-7-18(16)21)27(37)36(28(25)38)23-10-6-4-8-19(23)29(39)41-2/h3-11,13-14,22,24-25,33,35H,12H2,1-2H3,(H,34,40)/t22-,24-,25+,31+/m1/s1. The summed E-state index contributed by atoms with van der Waals surface area (Å²) in [7, 11) is 1.24. The molecule has 206 valence electrons. The van der Waals surface area contributed by atoms with Gasteiger partial charge in [-0.25, -0.2) is 9.69 Å². The van der Waals surface area contributed by atoms with E-state index < -0.39 is 47.1 Å². The number of aromatic amines is 1. The summed E-state index contributed by atoms with van der Waals surface area (Å²) in [5.74, 6) is -4.10. The topological polar surface area (TPSA) is 121 Å². The lowest BCUT2D eigenvalue weighted by atomic mass is 9.76. The van der Waals surface area contributed by atoms with E-state index in [9.17, 15) is 19.2 Å². The van der Waals surface area contributed by atoms with Crippen molar-refractivity contribution in [1.82, 2.24) is 10.3 Å². The number of H-pyrrole nitrogens is 1. The lowest BCUT2D eigenvalue weighted by Crippen LogP contribution is -2.53. The van der Waals surface area contributed by atoms with E-state index in [1.165, 1.54) is 13.2 Å². The van der Waals surface area contributed by atoms with Crippen LogP contribution in [0.15, 0.2) is 66.9 Å². The minimum atomic E-state index is -1.53. The summed E-state index contributed by atoms with van der Waals surface area (Å²) in [6, 6.07) is 17.0. The fraction of sp³-hybridized carbons (Fsp3) is 0.226. The molecular formula is C31H25ClN4O5. The van der Waals surface area contributed by atoms with Crippen LogP contribution in [0.4, 0.5) is 11.4 Å². The Morgan fingerprint density at radius 3 is 2.61 bits per heavy atom. The highest BCUT2D eigenvalue weighted by Crippen LogP contribution is 2.55. The predicted octanol–water partition coefficient (Wildman–Crippen LogP) is 4.08. The molecule has 41 heavy (non-hydrogen) atoms. The number of nitrogens with zero attached hydrogens (tertiary/aromatic N) is 1. The van der Waals surface area contributed by atoms with Gasteiger partial charge in [-0.1, -0.05) is 41.9 Å². The van der Waals surface area contributed by atoms with Crippen molar-refractivity contribution in [2.45, 2.75) is 24.9 Å². The van der Waals surface area contributed by atoms with Crippen molar-refractivity contribution in [3.8, 4) is 0 Å². The third-order valence-electron chi connectivity index (χ3n) is 8.65. The molecule has 9 nitrogen and oxygen atoms in total. The lowest BCUT2D eigenvalue weighted by molar-refractivity contribution is -0.130. The zero-order valence-electron chi connectivity index (χ0n) is 22.2. The van der Waals surface area contributed by atoms with Crippen LogP contribution in [-0.4, -0.2) is 41.8 Å². The van der Waals surface area contributed by atoms with Crippen LogP contribution in [-0.2, 0) is 31.1 Å². The molecule has 2 fully saturated rings. The van der Waals surface area contributed by atoms with Gasteiger partial charge in [0.15, 0.2) is 0 Å². The number of methoxy groups -OCH3 is 1. The number of para-hydroxylation sites is 2. The Morgan fingerprint density at radius 1 is 1.05 bits per heavy atom. The smallest absolute Gasteiger partial charge is 0.339 e. The molecule has 4 aromatic rings. The normalized spacial score (nSPS) is 24.7. The summed E-state index contributed by atoms with van der Waals surface area (Å²) in [4.78, 5) is 59.6. The molecule has 3 aromatic carbocycles. The number of ether oxygens (including phenoxy) is 1. The van der Waals surface area contributed by atoms with Crippen molar-refractivity contribution in [3.05, 3.63) is 94.1 Å². The first-order valence-electron chi connectivity index (χ1n) is 13.3. The van der Waals surface area contributed by atoms with Crippen LogP contribution >= 0.6 is 11.6 Å². The van der Waals surface area contributed by atoms with Crippen LogP contribution in [0.1, 0.15) is 27.0 Å². The van der Waals surface area contributed by atoms with Gasteiger partial charge in [-0.15, -0.1) is 0 Å². The Bertz CT molecular complexity index is 1820. The summed E-state index contributed by atoms with van der Waals surface area (Å²) in [6.07, 6.45) is 2.27. The molecule has 0 radical (unpaired) electrons. The molecule has 0 unspecified atom stereocenters. The largest absolute Gasteiger partial charge is 0.465 e. The van der Waals surface area contributed by atoms with Gasteiger partial charge in [0.1, 0.15) is 5.54 Å². The molecule has 0 saturated carbocycles. The first-order chi connectivity index (χ1) is 19.8. The number of anilines is 2. The number of halogens is 1. The second-order valence-electron chi connectivity index (χ2n) is 10.7. The Kier molecular flexibility index (Phi) is 5.61. The number of carbonyl (C=O) groups is 4. The van der Waals surface area contributed by atoms with Gasteiger partial charge in [-0.2, -0.15) is 0 Å². The number of amides is 3. The van der Waals surface area contributed by atoms with Gasteiger partial charge in [0.2, 0.25) is 17.7 Å². The Labute approximate surface area is 239 Å². The number of nitrogens with one attached hydrogen (secondary N) is 3. The van der Waals surface area contributed by atoms with Crippen LogP contribution in [0, 0.1) is 18.8 Å². The molecule has 0 bridgehead atoms. The maximum Gasteiger partial charge on any atom is 0.339 e. The molecule has 3 aliphatic rings. The molecule has 3 amide bonds. The molecule has 4 heterocycles. The number of aryl methyl sites for hydroxylation is 1. The third-order valence-corrected chi connectivity index (χ3v) is 8.87. The SMILES string of the molecule is COC(=O)c1ccccc1N1C(=O)[C@H]2[C@@H](C1=O)[C@]1(N[C@@H]2Cc2c[nH]c3ccccc23)C(=O)Nc2c(C)cc(Cl)cc21. The van der Waals surface area contributed by atoms with Crippen molar-refractivity contribution in [1.29, 1.82) is 0 Å². The minimum Gasteiger partial charge on any atom is -0.465 e. The van der Waals surface area contributed by atoms with Crippen molar-refractivity contribution in [3.63, 3.8) is 0 Å². The van der Waals surface area contributed by atoms with Crippen LogP contribution in [0.3, 0.4) is 0 Å². The van der Waals surface area contributed by atoms with E-state index in [1.807, 2.05) is 37.4 Å². The summed E-state index contributed by atoms with van der Waals surface area (Å²) in [6.45, 7) is 1.83. The number of imide groups is 1. The molecule has 0 aliphatic carbocycles. The van der Waals surface area contributed by atoms with Crippen LogP contribution in [0.25, 0.3) is 10.9 Å². The van der Waals surface area contributed by atoms with Crippen molar-refractivity contribution >= 4 is 57.6 Å². The third kappa shape index (κ3) is 3.45. The molecule has 3 aliphatic heterocycles. The number of esters is 1. The quantitative estimate of drug-likeness (QED) is 0.252. The number of hydrogen-bond acceptors (Lipinski definition) is 6. The molecule has 1 spiro atoms. The highest BCUT2D eigenvalue weighted by atomic mass is 35.5. The van der Waals surface area contributed by atoms with Gasteiger partial charge in [-0.05, 0) is 54.8 Å². The van der Waals surface area contributed by atoms with Gasteiger partial charge in [0.05, 0.1) is 30.2 Å². The zero-order chi connectivity index (χ0) is 28.6. The summed E-state index contributed by atoms with van der Waals surface area (Å²) >= 11 is 6.47. The molecule has 3 N–H and O–H groups in total. The molecular weight excluding hydrogens is 544 g/mol. The lowest BCUT2D eigenvalue weighted by Gasteiger charge is -2.30. The highest BCUT2D eigenvalue weighted by Gasteiger charge is 2.71. The summed E-state index contributed by atoms with van der Waals surface area (Å²) < 4.78 is 4.93. The second kappa shape index (κ2) is 9.02. The number of fused-ring (bicyclic) bond motifs is 5. The van der Waals surface area contributed by atoms with Gasteiger partial charge in [0.25, 0.3) is 0 Å². The van der Waals surface area contributed by atoms with E-state index in [0.717, 1.165) is 26.9 Å². The molecule has 10 heteroatoms. The first-order valence-corrected chi connectivity index (χ1v) is 13.6. The highest BCUT2D eigenvalue weighted by molar-refractivity contribution is 6.31. The molecule has 7 rings (SSSR count). The zero-order valence-corrected chi connectivity index (χ0v) is 22.9. The van der Waals surface area contributed by atoms with E-state index in [0.29, 0.717) is 22.7 Å². The average molecular weight is 569 g/mol. The predicted molar refractivity (Wildman–Crippen MR) is 153 cm³/mol. The summed E-state index contributed by atoms with van der Waals surface area (Å²) in [5.41, 5.74) is 2.44. The van der Waals surface area contributed by atoms with Crippen molar-refractivity contribution < 1.29 is 23.9 Å². The van der Waals surface area contributed by atoms with Gasteiger partial charge in [-0.3, -0.25) is 19.7 Å². The van der Waals surface area contributed by atoms with E-state index in [4.69, 9.17) is 16.3 Å². The van der Waals surface area contributed by atoms with Crippen molar-refractivity contribution in [2.24, 2.45) is 11.8 Å². The maximum absolute atomic E-state index is 14.4. The average Bonchev–Trinajstić information content (AvgIpc) is 3.68. The van der Waals surface area contributed by atoms with Crippen LogP contribution in [0.5, 0.6) is 0 Å². The summed E-state index contributed by atoms with van der Waals surface area (Å²) in [5, 5.41) is 7.83. The van der Waals surface area contributed by atoms with Crippen LogP contribution in [0.2, 0.25) is 5.02 Å². The van der Waals surface area contributed by atoms with Crippen LogP contribution < -0.4 is 15.5 Å². The Morgan fingerprint density at radius 2 is 1.80 bits per heavy atom. The second-order valence-corrected chi connectivity index (χ2v) is 11.2. The first kappa shape index (κ1) is 25.5. The van der Waals surface area contributed by atoms with Gasteiger partial charge in [0, 0.05) is 39.4 Å². The monoisotopic (exact) mass is 568 g/mol. The Hall–Kier alpha value is -4.47. The van der Waals surface area contributed by atoms with E-state index >= 15 is 0 Å². The van der Waals surface area contributed by atoms with E-state index in [2.05, 4.69) is 15.6 Å². The van der Waals surface area contributed by atoms with Crippen molar-refractivity contribution in [2.75, 3.05) is 17.3 Å². The Balaban J connectivity index is 1.41. The number of aromatic nitrogens is 1. The van der Waals surface area contributed by atoms with Gasteiger partial charge >= 0.3 is 5.97 Å². The number of benzene rings is 3. The number of hydrogen-bond donors (Lipinski definition) is 3. The van der Waals surface area contributed by atoms with Gasteiger partial charge < -0.3 is 15.0 Å².